The minimum absolute atomic E-state index is 0.201. The highest BCUT2D eigenvalue weighted by Crippen LogP contribution is 2.28. The first-order valence-corrected chi connectivity index (χ1v) is 9.68. The number of amides is 2. The Labute approximate surface area is 173 Å². The van der Waals surface area contributed by atoms with Crippen LogP contribution in [0.4, 0.5) is 0 Å². The van der Waals surface area contributed by atoms with E-state index in [2.05, 4.69) is 0 Å². The molecular weight excluding hydrogens is 388 g/mol. The molecule has 156 valence electrons. The number of nitrogens with zero attached hydrogens (tertiary/aromatic N) is 2. The molecule has 0 aliphatic carbocycles. The molecule has 0 saturated carbocycles. The summed E-state index contributed by atoms with van der Waals surface area (Å²) in [4.78, 5) is 48.7. The van der Waals surface area contributed by atoms with Crippen molar-refractivity contribution in [3.8, 4) is 0 Å². The summed E-state index contributed by atoms with van der Waals surface area (Å²) in [5.74, 6) is -2.05. The van der Waals surface area contributed by atoms with Gasteiger partial charge in [0.25, 0.3) is 11.8 Å². The Hall–Kier alpha value is -3.39. The molecule has 30 heavy (non-hydrogen) atoms. The van der Waals surface area contributed by atoms with E-state index in [1.807, 2.05) is 30.3 Å². The number of fused-ring (bicyclic) bond motifs is 1. The number of hydrogen-bond acceptors (Lipinski definition) is 6. The van der Waals surface area contributed by atoms with Crippen LogP contribution in [-0.2, 0) is 16.1 Å². The molecule has 1 heterocycles. The summed E-state index contributed by atoms with van der Waals surface area (Å²) in [5, 5.41) is 11.2. The molecule has 2 aromatic rings. The molecule has 2 amide bonds. The van der Waals surface area contributed by atoms with E-state index >= 15 is 0 Å². The highest BCUT2D eigenvalue weighted by atomic mass is 16.6. The lowest BCUT2D eigenvalue weighted by Crippen LogP contribution is -2.48. The Morgan fingerprint density at radius 3 is 2.17 bits per heavy atom. The van der Waals surface area contributed by atoms with Gasteiger partial charge in [-0.25, -0.2) is 0 Å². The SMILES string of the molecule is O=C[C@@H](CCCOCc1ccccc1)[C@@H](C[N+](=O)[O-])N1C(=O)c2ccccc2C1=O. The maximum Gasteiger partial charge on any atom is 0.262 e. The van der Waals surface area contributed by atoms with Crippen LogP contribution in [0.2, 0.25) is 0 Å². The average molecular weight is 410 g/mol. The van der Waals surface area contributed by atoms with E-state index in [0.29, 0.717) is 25.9 Å². The van der Waals surface area contributed by atoms with Crippen molar-refractivity contribution < 1.29 is 24.0 Å². The first-order valence-electron chi connectivity index (χ1n) is 9.68. The minimum atomic E-state index is -1.14. The number of hydrogen-bond donors (Lipinski definition) is 0. The molecule has 0 bridgehead atoms. The molecule has 1 aliphatic heterocycles. The van der Waals surface area contributed by atoms with Crippen LogP contribution in [0, 0.1) is 16.0 Å². The molecule has 0 fully saturated rings. The Balaban J connectivity index is 1.65. The monoisotopic (exact) mass is 410 g/mol. The van der Waals surface area contributed by atoms with Gasteiger partial charge in [-0.15, -0.1) is 0 Å². The lowest BCUT2D eigenvalue weighted by atomic mass is 9.94. The predicted octanol–water partition coefficient (Wildman–Crippen LogP) is 2.74. The van der Waals surface area contributed by atoms with Gasteiger partial charge in [-0.1, -0.05) is 42.5 Å². The van der Waals surface area contributed by atoms with Crippen molar-refractivity contribution in [2.45, 2.75) is 25.5 Å². The molecule has 0 aromatic heterocycles. The number of carbonyl (C=O) groups is 3. The predicted molar refractivity (Wildman–Crippen MR) is 107 cm³/mol. The van der Waals surface area contributed by atoms with Crippen molar-refractivity contribution in [3.63, 3.8) is 0 Å². The molecular formula is C22H22N2O6. The highest BCUT2D eigenvalue weighted by Gasteiger charge is 2.44. The summed E-state index contributed by atoms with van der Waals surface area (Å²) in [7, 11) is 0. The molecule has 0 saturated heterocycles. The second-order valence-corrected chi connectivity index (χ2v) is 7.09. The number of imide groups is 1. The molecule has 3 rings (SSSR count). The van der Waals surface area contributed by atoms with Gasteiger partial charge in [-0.2, -0.15) is 0 Å². The van der Waals surface area contributed by atoms with Crippen molar-refractivity contribution >= 4 is 18.1 Å². The smallest absolute Gasteiger partial charge is 0.262 e. The summed E-state index contributed by atoms with van der Waals surface area (Å²) in [5.41, 5.74) is 1.42. The van der Waals surface area contributed by atoms with E-state index < -0.39 is 35.2 Å². The molecule has 8 nitrogen and oxygen atoms in total. The normalized spacial score (nSPS) is 15.0. The second-order valence-electron chi connectivity index (χ2n) is 7.09. The Morgan fingerprint density at radius 2 is 1.60 bits per heavy atom. The van der Waals surface area contributed by atoms with E-state index in [0.717, 1.165) is 10.5 Å². The van der Waals surface area contributed by atoms with Gasteiger partial charge in [0.05, 0.1) is 17.7 Å². The topological polar surface area (TPSA) is 107 Å². The Bertz CT molecular complexity index is 895. The summed E-state index contributed by atoms with van der Waals surface area (Å²) < 4.78 is 5.60. The van der Waals surface area contributed by atoms with Crippen LogP contribution in [0.1, 0.15) is 39.1 Å². The summed E-state index contributed by atoms with van der Waals surface area (Å²) >= 11 is 0. The summed E-state index contributed by atoms with van der Waals surface area (Å²) in [6.07, 6.45) is 1.33. The quantitative estimate of drug-likeness (QED) is 0.185. The van der Waals surface area contributed by atoms with Gasteiger partial charge < -0.3 is 9.53 Å². The second kappa shape index (κ2) is 9.89. The van der Waals surface area contributed by atoms with Crippen LogP contribution in [0.25, 0.3) is 0 Å². The number of aldehydes is 1. The maximum absolute atomic E-state index is 12.7. The molecule has 2 aromatic carbocycles. The van der Waals surface area contributed by atoms with Crippen molar-refractivity contribution in [1.82, 2.24) is 4.90 Å². The lowest BCUT2D eigenvalue weighted by molar-refractivity contribution is -0.486. The zero-order chi connectivity index (χ0) is 21.5. The molecule has 0 spiro atoms. The third-order valence-electron chi connectivity index (χ3n) is 5.10. The van der Waals surface area contributed by atoms with Gasteiger partial charge in [0.15, 0.2) is 0 Å². The maximum atomic E-state index is 12.7. The number of carbonyl (C=O) groups excluding carboxylic acids is 3. The van der Waals surface area contributed by atoms with Crippen molar-refractivity contribution in [2.24, 2.45) is 5.92 Å². The third kappa shape index (κ3) is 4.77. The fourth-order valence-electron chi connectivity index (χ4n) is 3.61. The molecule has 0 radical (unpaired) electrons. The third-order valence-corrected chi connectivity index (χ3v) is 5.10. The Morgan fingerprint density at radius 1 is 1.00 bits per heavy atom. The highest BCUT2D eigenvalue weighted by molar-refractivity contribution is 6.21. The van der Waals surface area contributed by atoms with Gasteiger partial charge in [0, 0.05) is 17.4 Å². The van der Waals surface area contributed by atoms with Crippen LogP contribution in [0.5, 0.6) is 0 Å². The fourth-order valence-corrected chi connectivity index (χ4v) is 3.61. The summed E-state index contributed by atoms with van der Waals surface area (Å²) in [6, 6.07) is 14.7. The van der Waals surface area contributed by atoms with Gasteiger partial charge in [0.1, 0.15) is 12.3 Å². The van der Waals surface area contributed by atoms with E-state index in [1.54, 1.807) is 12.1 Å². The van der Waals surface area contributed by atoms with Crippen molar-refractivity contribution in [3.05, 3.63) is 81.4 Å². The lowest BCUT2D eigenvalue weighted by Gasteiger charge is -2.27. The van der Waals surface area contributed by atoms with E-state index in [-0.39, 0.29) is 17.5 Å². The van der Waals surface area contributed by atoms with Crippen LogP contribution in [0.15, 0.2) is 54.6 Å². The zero-order valence-corrected chi connectivity index (χ0v) is 16.3. The molecule has 1 aliphatic rings. The van der Waals surface area contributed by atoms with E-state index in [1.165, 1.54) is 12.1 Å². The minimum Gasteiger partial charge on any atom is -0.377 e. The zero-order valence-electron chi connectivity index (χ0n) is 16.3. The van der Waals surface area contributed by atoms with Crippen LogP contribution < -0.4 is 0 Å². The first kappa shape index (κ1) is 21.3. The Kier molecular flexibility index (Phi) is 7.03. The number of ether oxygens (including phenoxy) is 1. The average Bonchev–Trinajstić information content (AvgIpc) is 3.00. The number of benzene rings is 2. The molecule has 0 N–H and O–H groups in total. The first-order chi connectivity index (χ1) is 14.5. The number of nitro groups is 1. The van der Waals surface area contributed by atoms with Gasteiger partial charge in [0.2, 0.25) is 6.54 Å². The van der Waals surface area contributed by atoms with Crippen LogP contribution in [-0.4, -0.2) is 47.1 Å². The molecule has 0 unspecified atom stereocenters. The van der Waals surface area contributed by atoms with Crippen LogP contribution in [0.3, 0.4) is 0 Å². The van der Waals surface area contributed by atoms with E-state index in [9.17, 15) is 24.5 Å². The van der Waals surface area contributed by atoms with E-state index in [4.69, 9.17) is 4.74 Å². The van der Waals surface area contributed by atoms with Crippen molar-refractivity contribution in [2.75, 3.05) is 13.2 Å². The summed E-state index contributed by atoms with van der Waals surface area (Å²) in [6.45, 7) is 0.0929. The standard InChI is InChI=1S/C22H22N2O6/c25-14-17(9-6-12-30-15-16-7-2-1-3-8-16)20(13-23(28)29)24-21(26)18-10-4-5-11-19(18)22(24)27/h1-5,7-8,10-11,14,17,20H,6,9,12-13,15H2/t17-,20-/m1/s1. The number of rotatable bonds is 11. The van der Waals surface area contributed by atoms with Gasteiger partial charge in [-0.05, 0) is 30.5 Å². The van der Waals surface area contributed by atoms with Crippen molar-refractivity contribution in [1.29, 1.82) is 0 Å². The largest absolute Gasteiger partial charge is 0.377 e. The van der Waals surface area contributed by atoms with Gasteiger partial charge in [-0.3, -0.25) is 24.6 Å². The fraction of sp³-hybridized carbons (Fsp3) is 0.318. The van der Waals surface area contributed by atoms with Gasteiger partial charge >= 0.3 is 0 Å². The molecule has 2 atom stereocenters. The molecule has 8 heteroatoms. The van der Waals surface area contributed by atoms with Crippen LogP contribution >= 0.6 is 0 Å².